The Morgan fingerprint density at radius 1 is 1.47 bits per heavy atom. The minimum absolute atomic E-state index is 0.132. The van der Waals surface area contributed by atoms with Crippen molar-refractivity contribution in [2.45, 2.75) is 13.5 Å². The van der Waals surface area contributed by atoms with Crippen LogP contribution in [0.15, 0.2) is 28.9 Å². The van der Waals surface area contributed by atoms with Crippen molar-refractivity contribution in [3.05, 3.63) is 41.6 Å². The fourth-order valence-electron chi connectivity index (χ4n) is 1.51. The highest BCUT2D eigenvalue weighted by atomic mass is 16.5. The quantitative estimate of drug-likeness (QED) is 0.820. The summed E-state index contributed by atoms with van der Waals surface area (Å²) in [5.74, 6) is -1.26. The summed E-state index contributed by atoms with van der Waals surface area (Å²) in [6.45, 7) is 2.26. The van der Waals surface area contributed by atoms with Crippen LogP contribution in [0.3, 0.4) is 0 Å². The van der Waals surface area contributed by atoms with E-state index in [1.165, 1.54) is 23.1 Å². The topological polar surface area (TPSA) is 94.6 Å². The van der Waals surface area contributed by atoms with Gasteiger partial charge in [0.2, 0.25) is 5.76 Å². The molecule has 2 heterocycles. The first-order valence-corrected chi connectivity index (χ1v) is 5.61. The van der Waals surface area contributed by atoms with Crippen LogP contribution in [0, 0.1) is 0 Å². The van der Waals surface area contributed by atoms with Gasteiger partial charge in [0.25, 0.3) is 0 Å². The van der Waals surface area contributed by atoms with E-state index < -0.39 is 11.9 Å². The molecule has 0 aliphatic rings. The van der Waals surface area contributed by atoms with Gasteiger partial charge in [0, 0.05) is 6.20 Å². The number of rotatable bonds is 5. The standard InChI is InChI=1S/C12H12N2O5/c1-2-18-12(17)8-5-13-14(6-8)7-9-3-4-10(19-9)11(15)16/h3-6H,2,7H2,1H3,(H,15,16). The van der Waals surface area contributed by atoms with E-state index in [0.717, 1.165) is 0 Å². The second-order valence-electron chi connectivity index (χ2n) is 3.72. The maximum Gasteiger partial charge on any atom is 0.371 e. The van der Waals surface area contributed by atoms with E-state index in [4.69, 9.17) is 14.3 Å². The van der Waals surface area contributed by atoms with E-state index in [9.17, 15) is 9.59 Å². The molecule has 0 atom stereocenters. The van der Waals surface area contributed by atoms with Gasteiger partial charge in [-0.1, -0.05) is 0 Å². The van der Waals surface area contributed by atoms with E-state index >= 15 is 0 Å². The fraction of sp³-hybridized carbons (Fsp3) is 0.250. The first-order chi connectivity index (χ1) is 9.10. The monoisotopic (exact) mass is 264 g/mol. The summed E-state index contributed by atoms with van der Waals surface area (Å²) in [4.78, 5) is 22.1. The summed E-state index contributed by atoms with van der Waals surface area (Å²) in [6, 6.07) is 2.92. The van der Waals surface area contributed by atoms with Crippen LogP contribution in [-0.2, 0) is 11.3 Å². The van der Waals surface area contributed by atoms with Crippen LogP contribution >= 0.6 is 0 Å². The Morgan fingerprint density at radius 3 is 2.89 bits per heavy atom. The Balaban J connectivity index is 2.06. The van der Waals surface area contributed by atoms with Crippen molar-refractivity contribution in [1.82, 2.24) is 9.78 Å². The molecule has 2 rings (SSSR count). The number of carbonyl (C=O) groups excluding carboxylic acids is 1. The molecule has 0 spiro atoms. The lowest BCUT2D eigenvalue weighted by Gasteiger charge is -1.98. The number of esters is 1. The van der Waals surface area contributed by atoms with Crippen molar-refractivity contribution in [1.29, 1.82) is 0 Å². The van der Waals surface area contributed by atoms with E-state index in [-0.39, 0.29) is 12.3 Å². The minimum atomic E-state index is -1.13. The van der Waals surface area contributed by atoms with Crippen molar-refractivity contribution < 1.29 is 23.8 Å². The number of carbonyl (C=O) groups is 2. The van der Waals surface area contributed by atoms with Crippen LogP contribution in [0.5, 0.6) is 0 Å². The Bertz CT molecular complexity index is 599. The molecule has 0 radical (unpaired) electrons. The predicted octanol–water partition coefficient (Wildman–Crippen LogP) is 1.40. The fourth-order valence-corrected chi connectivity index (χ4v) is 1.51. The molecule has 19 heavy (non-hydrogen) atoms. The molecule has 100 valence electrons. The summed E-state index contributed by atoms with van der Waals surface area (Å²) in [5.41, 5.74) is 0.340. The zero-order chi connectivity index (χ0) is 13.8. The van der Waals surface area contributed by atoms with E-state index in [0.29, 0.717) is 17.9 Å². The molecule has 0 amide bonds. The van der Waals surface area contributed by atoms with Gasteiger partial charge in [-0.2, -0.15) is 5.10 Å². The Kier molecular flexibility index (Phi) is 3.65. The van der Waals surface area contributed by atoms with Crippen LogP contribution in [0.2, 0.25) is 0 Å². The zero-order valence-corrected chi connectivity index (χ0v) is 10.2. The molecule has 0 saturated heterocycles. The van der Waals surface area contributed by atoms with Crippen LogP contribution in [0.4, 0.5) is 0 Å². The lowest BCUT2D eigenvalue weighted by molar-refractivity contribution is 0.0525. The largest absolute Gasteiger partial charge is 0.475 e. The van der Waals surface area contributed by atoms with Gasteiger partial charge in [-0.05, 0) is 19.1 Å². The van der Waals surface area contributed by atoms with Crippen molar-refractivity contribution in [3.63, 3.8) is 0 Å². The van der Waals surface area contributed by atoms with E-state index in [2.05, 4.69) is 5.10 Å². The van der Waals surface area contributed by atoms with Gasteiger partial charge in [0.15, 0.2) is 0 Å². The molecule has 0 fully saturated rings. The lowest BCUT2D eigenvalue weighted by Crippen LogP contribution is -2.03. The molecule has 1 N–H and O–H groups in total. The van der Waals surface area contributed by atoms with Gasteiger partial charge in [0.1, 0.15) is 5.76 Å². The van der Waals surface area contributed by atoms with Crippen LogP contribution in [-0.4, -0.2) is 33.4 Å². The van der Waals surface area contributed by atoms with Crippen LogP contribution in [0.1, 0.15) is 33.6 Å². The second-order valence-corrected chi connectivity index (χ2v) is 3.72. The van der Waals surface area contributed by atoms with Gasteiger partial charge in [-0.3, -0.25) is 4.68 Å². The number of ether oxygens (including phenoxy) is 1. The van der Waals surface area contributed by atoms with Crippen LogP contribution in [0.25, 0.3) is 0 Å². The predicted molar refractivity (Wildman–Crippen MR) is 63.0 cm³/mol. The van der Waals surface area contributed by atoms with Gasteiger partial charge in [0.05, 0.1) is 24.9 Å². The molecule has 0 unspecified atom stereocenters. The maximum atomic E-state index is 11.4. The normalized spacial score (nSPS) is 10.4. The smallest absolute Gasteiger partial charge is 0.371 e. The Hall–Kier alpha value is -2.57. The number of carboxylic acids is 1. The molecule has 7 heteroatoms. The van der Waals surface area contributed by atoms with Crippen LogP contribution < -0.4 is 0 Å². The molecular formula is C12H12N2O5. The van der Waals surface area contributed by atoms with Crippen molar-refractivity contribution >= 4 is 11.9 Å². The van der Waals surface area contributed by atoms with Gasteiger partial charge in [-0.15, -0.1) is 0 Å². The summed E-state index contributed by atoms with van der Waals surface area (Å²) in [5, 5.41) is 12.7. The van der Waals surface area contributed by atoms with Gasteiger partial charge in [-0.25, -0.2) is 9.59 Å². The summed E-state index contributed by atoms with van der Waals surface area (Å²) < 4.78 is 11.4. The summed E-state index contributed by atoms with van der Waals surface area (Å²) >= 11 is 0. The first kappa shape index (κ1) is 12.9. The number of aromatic carboxylic acids is 1. The number of nitrogens with zero attached hydrogens (tertiary/aromatic N) is 2. The van der Waals surface area contributed by atoms with Crippen molar-refractivity contribution in [2.75, 3.05) is 6.61 Å². The highest BCUT2D eigenvalue weighted by Crippen LogP contribution is 2.10. The third-order valence-corrected chi connectivity index (χ3v) is 2.33. The highest BCUT2D eigenvalue weighted by molar-refractivity contribution is 5.88. The first-order valence-electron chi connectivity index (χ1n) is 5.61. The minimum Gasteiger partial charge on any atom is -0.475 e. The Morgan fingerprint density at radius 2 is 2.26 bits per heavy atom. The number of hydrogen-bond donors (Lipinski definition) is 1. The number of hydrogen-bond acceptors (Lipinski definition) is 5. The van der Waals surface area contributed by atoms with Crippen molar-refractivity contribution in [2.24, 2.45) is 0 Å². The van der Waals surface area contributed by atoms with Gasteiger partial charge >= 0.3 is 11.9 Å². The molecule has 0 aromatic carbocycles. The molecule has 0 bridgehead atoms. The van der Waals surface area contributed by atoms with Gasteiger partial charge < -0.3 is 14.3 Å². The highest BCUT2D eigenvalue weighted by Gasteiger charge is 2.12. The Labute approximate surface area is 108 Å². The number of aromatic nitrogens is 2. The lowest BCUT2D eigenvalue weighted by atomic mass is 10.4. The average Bonchev–Trinajstić information content (AvgIpc) is 2.99. The third-order valence-electron chi connectivity index (χ3n) is 2.33. The molecule has 2 aromatic rings. The second kappa shape index (κ2) is 5.38. The summed E-state index contributed by atoms with van der Waals surface area (Å²) in [7, 11) is 0. The van der Waals surface area contributed by atoms with E-state index in [1.54, 1.807) is 13.0 Å². The van der Waals surface area contributed by atoms with Crippen molar-refractivity contribution in [3.8, 4) is 0 Å². The molecular weight excluding hydrogens is 252 g/mol. The zero-order valence-electron chi connectivity index (χ0n) is 10.2. The molecule has 0 aliphatic heterocycles. The molecule has 2 aromatic heterocycles. The summed E-state index contributed by atoms with van der Waals surface area (Å²) in [6.07, 6.45) is 2.90. The maximum absolute atomic E-state index is 11.4. The van der Waals surface area contributed by atoms with E-state index in [1.807, 2.05) is 0 Å². The third kappa shape index (κ3) is 3.01. The average molecular weight is 264 g/mol. The molecule has 0 aliphatic carbocycles. The molecule has 0 saturated carbocycles. The molecule has 7 nitrogen and oxygen atoms in total. The SMILES string of the molecule is CCOC(=O)c1cnn(Cc2ccc(C(=O)O)o2)c1. The number of carboxylic acid groups (broad SMARTS) is 1. The number of furan rings is 1.